The molecule has 6 heteroatoms. The molecular formula is C15H18N2O3S. The predicted octanol–water partition coefficient (Wildman–Crippen LogP) is 3.47. The lowest BCUT2D eigenvalue weighted by Gasteiger charge is -1.99. The number of carboxylic acid groups (broad SMARTS) is 1. The lowest BCUT2D eigenvalue weighted by Crippen LogP contribution is -1.95. The first-order chi connectivity index (χ1) is 10.1. The average molecular weight is 306 g/mol. The quantitative estimate of drug-likeness (QED) is 0.594. The summed E-state index contributed by atoms with van der Waals surface area (Å²) in [7, 11) is 0. The molecule has 0 radical (unpaired) electrons. The van der Waals surface area contributed by atoms with E-state index in [2.05, 4.69) is 35.3 Å². The van der Waals surface area contributed by atoms with Crippen LogP contribution < -0.4 is 0 Å². The van der Waals surface area contributed by atoms with Gasteiger partial charge in [-0.3, -0.25) is 4.79 Å². The van der Waals surface area contributed by atoms with Crippen molar-refractivity contribution in [3.05, 3.63) is 41.5 Å². The van der Waals surface area contributed by atoms with Crippen LogP contribution in [0.4, 0.5) is 0 Å². The normalized spacial score (nSPS) is 10.7. The van der Waals surface area contributed by atoms with Crippen molar-refractivity contribution >= 4 is 17.7 Å². The lowest BCUT2D eigenvalue weighted by atomic mass is 10.2. The summed E-state index contributed by atoms with van der Waals surface area (Å²) in [5.74, 6) is 1.16. The van der Waals surface area contributed by atoms with Gasteiger partial charge in [0.2, 0.25) is 5.89 Å². The van der Waals surface area contributed by atoms with Gasteiger partial charge < -0.3 is 9.63 Å². The van der Waals surface area contributed by atoms with E-state index in [-0.39, 0.29) is 6.42 Å². The van der Waals surface area contributed by atoms with Gasteiger partial charge >= 0.3 is 5.97 Å². The summed E-state index contributed by atoms with van der Waals surface area (Å²) in [6.07, 6.45) is 2.20. The molecule has 112 valence electrons. The Labute approximate surface area is 127 Å². The topological polar surface area (TPSA) is 76.2 Å². The summed E-state index contributed by atoms with van der Waals surface area (Å²) in [6.45, 7) is 2.06. The van der Waals surface area contributed by atoms with Crippen LogP contribution in [0.25, 0.3) is 0 Å². The molecule has 0 saturated heterocycles. The van der Waals surface area contributed by atoms with E-state index in [1.165, 1.54) is 10.5 Å². The molecule has 21 heavy (non-hydrogen) atoms. The molecule has 0 atom stereocenters. The summed E-state index contributed by atoms with van der Waals surface area (Å²) >= 11 is 1.67. The van der Waals surface area contributed by atoms with Gasteiger partial charge in [-0.25, -0.2) is 0 Å². The number of nitrogens with zero attached hydrogens (tertiary/aromatic N) is 2. The highest BCUT2D eigenvalue weighted by atomic mass is 32.2. The number of rotatable bonds is 8. The van der Waals surface area contributed by atoms with Gasteiger partial charge in [0.25, 0.3) is 0 Å². The SMILES string of the molecule is Cc1cccc(SCc2noc(CCCCC(=O)O)n2)c1. The van der Waals surface area contributed by atoms with Crippen molar-refractivity contribution in [2.75, 3.05) is 0 Å². The maximum absolute atomic E-state index is 10.4. The molecular weight excluding hydrogens is 288 g/mol. The lowest BCUT2D eigenvalue weighted by molar-refractivity contribution is -0.137. The first-order valence-electron chi connectivity index (χ1n) is 6.86. The van der Waals surface area contributed by atoms with Gasteiger partial charge in [-0.15, -0.1) is 11.8 Å². The molecule has 0 spiro atoms. The fourth-order valence-corrected chi connectivity index (χ4v) is 2.71. The van der Waals surface area contributed by atoms with Crippen molar-refractivity contribution in [3.8, 4) is 0 Å². The van der Waals surface area contributed by atoms with Gasteiger partial charge in [-0.2, -0.15) is 4.98 Å². The molecule has 0 aliphatic heterocycles. The highest BCUT2D eigenvalue weighted by Crippen LogP contribution is 2.22. The van der Waals surface area contributed by atoms with Crippen LogP contribution in [-0.4, -0.2) is 21.2 Å². The molecule has 5 nitrogen and oxygen atoms in total. The molecule has 2 rings (SSSR count). The zero-order valence-corrected chi connectivity index (χ0v) is 12.7. The van der Waals surface area contributed by atoms with Crippen molar-refractivity contribution in [1.29, 1.82) is 0 Å². The van der Waals surface area contributed by atoms with E-state index in [4.69, 9.17) is 9.63 Å². The number of carbonyl (C=O) groups is 1. The molecule has 0 fully saturated rings. The van der Waals surface area contributed by atoms with E-state index in [0.29, 0.717) is 30.3 Å². The number of aliphatic carboxylic acids is 1. The number of thioether (sulfide) groups is 1. The van der Waals surface area contributed by atoms with Gasteiger partial charge in [0.15, 0.2) is 5.82 Å². The molecule has 2 aromatic rings. The van der Waals surface area contributed by atoms with E-state index >= 15 is 0 Å². The van der Waals surface area contributed by atoms with E-state index in [9.17, 15) is 4.79 Å². The van der Waals surface area contributed by atoms with Crippen LogP contribution in [0.1, 0.15) is 36.5 Å². The summed E-state index contributed by atoms with van der Waals surface area (Å²) in [5, 5.41) is 12.5. The van der Waals surface area contributed by atoms with Crippen molar-refractivity contribution in [2.24, 2.45) is 0 Å². The van der Waals surface area contributed by atoms with E-state index in [0.717, 1.165) is 6.42 Å². The number of hydrogen-bond acceptors (Lipinski definition) is 5. The Morgan fingerprint density at radius 3 is 3.00 bits per heavy atom. The first-order valence-corrected chi connectivity index (χ1v) is 7.85. The summed E-state index contributed by atoms with van der Waals surface area (Å²) in [4.78, 5) is 15.9. The molecule has 0 aliphatic rings. The Bertz CT molecular complexity index is 598. The second kappa shape index (κ2) is 7.83. The van der Waals surface area contributed by atoms with Crippen LogP contribution in [0, 0.1) is 6.92 Å². The van der Waals surface area contributed by atoms with Crippen molar-refractivity contribution < 1.29 is 14.4 Å². The monoisotopic (exact) mass is 306 g/mol. The zero-order valence-electron chi connectivity index (χ0n) is 11.9. The molecule has 1 aromatic carbocycles. The Hall–Kier alpha value is -1.82. The average Bonchev–Trinajstić information content (AvgIpc) is 2.89. The van der Waals surface area contributed by atoms with Gasteiger partial charge in [0, 0.05) is 17.7 Å². The van der Waals surface area contributed by atoms with Crippen LogP contribution in [0.15, 0.2) is 33.7 Å². The minimum Gasteiger partial charge on any atom is -0.481 e. The zero-order chi connectivity index (χ0) is 15.1. The van der Waals surface area contributed by atoms with Crippen LogP contribution in [-0.2, 0) is 17.0 Å². The Kier molecular flexibility index (Phi) is 5.80. The van der Waals surface area contributed by atoms with Crippen LogP contribution in [0.5, 0.6) is 0 Å². The summed E-state index contributed by atoms with van der Waals surface area (Å²) in [5.41, 5.74) is 1.23. The fourth-order valence-electron chi connectivity index (χ4n) is 1.86. The molecule has 1 heterocycles. The Balaban J connectivity index is 1.76. The molecule has 1 aromatic heterocycles. The van der Waals surface area contributed by atoms with Crippen LogP contribution >= 0.6 is 11.8 Å². The van der Waals surface area contributed by atoms with E-state index < -0.39 is 5.97 Å². The minimum absolute atomic E-state index is 0.185. The second-order valence-electron chi connectivity index (χ2n) is 4.81. The Morgan fingerprint density at radius 1 is 1.38 bits per heavy atom. The molecule has 1 N–H and O–H groups in total. The number of aromatic nitrogens is 2. The van der Waals surface area contributed by atoms with Crippen LogP contribution in [0.2, 0.25) is 0 Å². The van der Waals surface area contributed by atoms with E-state index in [1.807, 2.05) is 6.07 Å². The maximum Gasteiger partial charge on any atom is 0.303 e. The minimum atomic E-state index is -0.768. The highest BCUT2D eigenvalue weighted by molar-refractivity contribution is 7.98. The summed E-state index contributed by atoms with van der Waals surface area (Å²) in [6, 6.07) is 8.28. The smallest absolute Gasteiger partial charge is 0.303 e. The fraction of sp³-hybridized carbons (Fsp3) is 0.400. The predicted molar refractivity (Wildman–Crippen MR) is 80.2 cm³/mol. The van der Waals surface area contributed by atoms with E-state index in [1.54, 1.807) is 11.8 Å². The third-order valence-electron chi connectivity index (χ3n) is 2.90. The molecule has 0 amide bonds. The number of benzene rings is 1. The van der Waals surface area contributed by atoms with Gasteiger partial charge in [-0.1, -0.05) is 22.9 Å². The van der Waals surface area contributed by atoms with Gasteiger partial charge in [-0.05, 0) is 31.9 Å². The molecule has 0 unspecified atom stereocenters. The van der Waals surface area contributed by atoms with Crippen molar-refractivity contribution in [1.82, 2.24) is 10.1 Å². The van der Waals surface area contributed by atoms with Gasteiger partial charge in [0.05, 0.1) is 5.75 Å². The first kappa shape index (κ1) is 15.6. The highest BCUT2D eigenvalue weighted by Gasteiger charge is 2.07. The standard InChI is InChI=1S/C15H18N2O3S/c1-11-5-4-6-12(9-11)21-10-13-16-14(20-17-13)7-2-3-8-15(18)19/h4-6,9H,2-3,7-8,10H2,1H3,(H,18,19). The Morgan fingerprint density at radius 2 is 2.24 bits per heavy atom. The van der Waals surface area contributed by atoms with Gasteiger partial charge in [0.1, 0.15) is 0 Å². The number of unbranched alkanes of at least 4 members (excludes halogenated alkanes) is 1. The van der Waals surface area contributed by atoms with Crippen LogP contribution in [0.3, 0.4) is 0 Å². The second-order valence-corrected chi connectivity index (χ2v) is 5.86. The molecule has 0 saturated carbocycles. The maximum atomic E-state index is 10.4. The third-order valence-corrected chi connectivity index (χ3v) is 3.89. The molecule has 0 aliphatic carbocycles. The number of aryl methyl sites for hydroxylation is 2. The molecule has 0 bridgehead atoms. The van der Waals surface area contributed by atoms with Crippen molar-refractivity contribution in [2.45, 2.75) is 43.3 Å². The summed E-state index contributed by atoms with van der Waals surface area (Å²) < 4.78 is 5.16. The largest absolute Gasteiger partial charge is 0.481 e. The number of hydrogen-bond donors (Lipinski definition) is 1. The third kappa shape index (κ3) is 5.59. The van der Waals surface area contributed by atoms with Crippen molar-refractivity contribution in [3.63, 3.8) is 0 Å². The number of carboxylic acids is 1.